The molecule has 0 aliphatic rings. The maximum absolute atomic E-state index is 12.8. The molecule has 0 saturated carbocycles. The highest BCUT2D eigenvalue weighted by atomic mass is 32.2. The van der Waals surface area contributed by atoms with Gasteiger partial charge >= 0.3 is 0 Å². The predicted molar refractivity (Wildman–Crippen MR) is 148 cm³/mol. The molecule has 0 amide bonds. The van der Waals surface area contributed by atoms with E-state index in [4.69, 9.17) is 0 Å². The Morgan fingerprint density at radius 2 is 1.00 bits per heavy atom. The lowest BCUT2D eigenvalue weighted by molar-refractivity contribution is -0.111. The van der Waals surface area contributed by atoms with Crippen molar-refractivity contribution in [1.82, 2.24) is 0 Å². The SMILES string of the molecule is CCCCC(=O)Sc1ccc2ccccc2c1-c1c(SC(=O)CCCC)ccc2ccccc12. The van der Waals surface area contributed by atoms with Crippen molar-refractivity contribution in [3.05, 3.63) is 72.8 Å². The molecule has 4 rings (SSSR count). The van der Waals surface area contributed by atoms with Crippen LogP contribution in [0.15, 0.2) is 82.6 Å². The second-order valence-electron chi connectivity index (χ2n) is 8.47. The van der Waals surface area contributed by atoms with E-state index in [0.717, 1.165) is 68.1 Å². The third-order valence-corrected chi connectivity index (χ3v) is 7.93. The smallest absolute Gasteiger partial charge is 0.193 e. The van der Waals surface area contributed by atoms with Gasteiger partial charge in [-0.1, -0.05) is 111 Å². The summed E-state index contributed by atoms with van der Waals surface area (Å²) >= 11 is 2.67. The Hall–Kier alpha value is -2.56. The van der Waals surface area contributed by atoms with Gasteiger partial charge in [-0.2, -0.15) is 0 Å². The van der Waals surface area contributed by atoms with Crippen molar-refractivity contribution < 1.29 is 9.59 Å². The summed E-state index contributed by atoms with van der Waals surface area (Å²) in [4.78, 5) is 27.6. The standard InChI is InChI=1S/C30H30O2S2/c1-3-5-15-27(31)33-25-19-17-21-11-7-9-13-23(21)29(25)30-24-14-10-8-12-22(24)18-20-26(30)34-28(32)16-6-4-2/h7-14,17-20H,3-6,15-16H2,1-2H3. The number of fused-ring (bicyclic) bond motifs is 2. The molecule has 0 aliphatic carbocycles. The molecule has 0 bridgehead atoms. The van der Waals surface area contributed by atoms with Gasteiger partial charge in [-0.05, 0) is 46.5 Å². The van der Waals surface area contributed by atoms with Crippen LogP contribution in [0.25, 0.3) is 32.7 Å². The van der Waals surface area contributed by atoms with Gasteiger partial charge in [-0.3, -0.25) is 9.59 Å². The quantitative estimate of drug-likeness (QED) is 0.221. The Morgan fingerprint density at radius 1 is 0.588 bits per heavy atom. The number of hydrogen-bond acceptors (Lipinski definition) is 4. The fourth-order valence-electron chi connectivity index (χ4n) is 4.18. The van der Waals surface area contributed by atoms with Gasteiger partial charge in [-0.25, -0.2) is 0 Å². The lowest BCUT2D eigenvalue weighted by atomic mass is 9.94. The summed E-state index contributed by atoms with van der Waals surface area (Å²) in [5, 5.41) is 4.84. The van der Waals surface area contributed by atoms with E-state index in [9.17, 15) is 9.59 Å². The van der Waals surface area contributed by atoms with E-state index in [1.54, 1.807) is 0 Å². The van der Waals surface area contributed by atoms with Crippen LogP contribution in [0.5, 0.6) is 0 Å². The molecule has 2 nitrogen and oxygen atoms in total. The van der Waals surface area contributed by atoms with Crippen LogP contribution in [0.1, 0.15) is 52.4 Å². The summed E-state index contributed by atoms with van der Waals surface area (Å²) in [5.41, 5.74) is 2.10. The second kappa shape index (κ2) is 11.7. The maximum atomic E-state index is 12.8. The topological polar surface area (TPSA) is 34.1 Å². The molecule has 4 aromatic rings. The molecule has 174 valence electrons. The number of rotatable bonds is 9. The van der Waals surface area contributed by atoms with Crippen LogP contribution in [0, 0.1) is 0 Å². The van der Waals surface area contributed by atoms with Crippen LogP contribution >= 0.6 is 23.5 Å². The van der Waals surface area contributed by atoms with Gasteiger partial charge < -0.3 is 0 Å². The van der Waals surface area contributed by atoms with Gasteiger partial charge in [0.1, 0.15) is 0 Å². The first kappa shape index (κ1) is 24.6. The first-order valence-electron chi connectivity index (χ1n) is 12.1. The van der Waals surface area contributed by atoms with Gasteiger partial charge in [0.2, 0.25) is 0 Å². The van der Waals surface area contributed by atoms with Gasteiger partial charge in [0, 0.05) is 33.8 Å². The Balaban J connectivity index is 1.94. The van der Waals surface area contributed by atoms with Gasteiger partial charge in [-0.15, -0.1) is 0 Å². The molecular weight excluding hydrogens is 456 g/mol. The molecule has 0 saturated heterocycles. The van der Waals surface area contributed by atoms with Crippen LogP contribution in [0.4, 0.5) is 0 Å². The number of unbranched alkanes of at least 4 members (excludes halogenated alkanes) is 2. The highest BCUT2D eigenvalue weighted by molar-refractivity contribution is 8.14. The Kier molecular flexibility index (Phi) is 8.47. The monoisotopic (exact) mass is 486 g/mol. The van der Waals surface area contributed by atoms with Crippen molar-refractivity contribution in [3.8, 4) is 11.1 Å². The number of carbonyl (C=O) groups is 2. The van der Waals surface area contributed by atoms with Crippen molar-refractivity contribution in [2.45, 2.75) is 62.2 Å². The molecule has 0 aliphatic heterocycles. The van der Waals surface area contributed by atoms with Crippen molar-refractivity contribution in [2.24, 2.45) is 0 Å². The van der Waals surface area contributed by atoms with E-state index in [1.807, 2.05) is 24.3 Å². The molecule has 0 spiro atoms. The lowest BCUT2D eigenvalue weighted by Crippen LogP contribution is -1.97. The summed E-state index contributed by atoms with van der Waals surface area (Å²) in [6.45, 7) is 4.21. The molecule has 0 unspecified atom stereocenters. The Labute approximate surface area is 210 Å². The van der Waals surface area contributed by atoms with Gasteiger partial charge in [0.15, 0.2) is 10.2 Å². The van der Waals surface area contributed by atoms with Gasteiger partial charge in [0.25, 0.3) is 0 Å². The number of carbonyl (C=O) groups excluding carboxylic acids is 2. The summed E-state index contributed by atoms with van der Waals surface area (Å²) in [6.07, 6.45) is 4.94. The highest BCUT2D eigenvalue weighted by Crippen LogP contribution is 2.46. The minimum atomic E-state index is 0.187. The molecule has 0 fully saturated rings. The van der Waals surface area contributed by atoms with Crippen LogP contribution in [0.2, 0.25) is 0 Å². The molecule has 0 aromatic heterocycles. The summed E-state index contributed by atoms with van der Waals surface area (Å²) < 4.78 is 0. The fourth-order valence-corrected chi connectivity index (χ4v) is 6.06. The highest BCUT2D eigenvalue weighted by Gasteiger charge is 2.20. The average molecular weight is 487 g/mol. The van der Waals surface area contributed by atoms with Crippen molar-refractivity contribution in [2.75, 3.05) is 0 Å². The van der Waals surface area contributed by atoms with E-state index in [0.29, 0.717) is 12.8 Å². The third-order valence-electron chi connectivity index (χ3n) is 5.95. The van der Waals surface area contributed by atoms with Crippen LogP contribution in [-0.4, -0.2) is 10.2 Å². The van der Waals surface area contributed by atoms with E-state index >= 15 is 0 Å². The zero-order chi connectivity index (χ0) is 23.9. The maximum Gasteiger partial charge on any atom is 0.193 e. The fraction of sp³-hybridized carbons (Fsp3) is 0.267. The second-order valence-corrected chi connectivity index (χ2v) is 10.7. The van der Waals surface area contributed by atoms with Crippen LogP contribution in [-0.2, 0) is 9.59 Å². The molecule has 0 radical (unpaired) electrons. The summed E-state index contributed by atoms with van der Waals surface area (Å²) in [5.74, 6) is 0. The van der Waals surface area contributed by atoms with Gasteiger partial charge in [0.05, 0.1) is 0 Å². The average Bonchev–Trinajstić information content (AvgIpc) is 2.86. The zero-order valence-corrected chi connectivity index (χ0v) is 21.4. The number of thioether (sulfide) groups is 2. The van der Waals surface area contributed by atoms with Crippen molar-refractivity contribution >= 4 is 55.3 Å². The van der Waals surface area contributed by atoms with E-state index < -0.39 is 0 Å². The summed E-state index contributed by atoms with van der Waals surface area (Å²) in [7, 11) is 0. The third kappa shape index (κ3) is 5.56. The normalized spacial score (nSPS) is 11.2. The largest absolute Gasteiger partial charge is 0.287 e. The van der Waals surface area contributed by atoms with Crippen molar-refractivity contribution in [3.63, 3.8) is 0 Å². The number of hydrogen-bond donors (Lipinski definition) is 0. The molecular formula is C30H30O2S2. The first-order valence-corrected chi connectivity index (χ1v) is 13.7. The van der Waals surface area contributed by atoms with E-state index in [-0.39, 0.29) is 10.2 Å². The molecule has 4 aromatic carbocycles. The Morgan fingerprint density at radius 3 is 1.41 bits per heavy atom. The predicted octanol–water partition coefficient (Wildman–Crippen LogP) is 9.28. The first-order chi connectivity index (χ1) is 16.6. The van der Waals surface area contributed by atoms with E-state index in [2.05, 4.69) is 62.4 Å². The van der Waals surface area contributed by atoms with Crippen molar-refractivity contribution in [1.29, 1.82) is 0 Å². The van der Waals surface area contributed by atoms with E-state index in [1.165, 1.54) is 23.5 Å². The minimum absolute atomic E-state index is 0.187. The molecule has 0 atom stereocenters. The molecule has 4 heteroatoms. The zero-order valence-electron chi connectivity index (χ0n) is 19.8. The molecule has 34 heavy (non-hydrogen) atoms. The lowest BCUT2D eigenvalue weighted by Gasteiger charge is -2.18. The molecule has 0 heterocycles. The summed E-state index contributed by atoms with van der Waals surface area (Å²) in [6, 6.07) is 25.0. The minimum Gasteiger partial charge on any atom is -0.287 e. The van der Waals surface area contributed by atoms with Crippen LogP contribution in [0.3, 0.4) is 0 Å². The van der Waals surface area contributed by atoms with Crippen LogP contribution < -0.4 is 0 Å². The Bertz CT molecular complexity index is 1220. The molecule has 0 N–H and O–H groups in total. The number of benzene rings is 4.